The second-order valence-electron chi connectivity index (χ2n) is 4.69. The maximum absolute atomic E-state index is 12.0. The molecule has 8 heteroatoms. The Morgan fingerprint density at radius 1 is 1.30 bits per heavy atom. The van der Waals surface area contributed by atoms with Crippen LogP contribution in [0.15, 0.2) is 16.3 Å². The van der Waals surface area contributed by atoms with Crippen molar-refractivity contribution >= 4 is 27.3 Å². The van der Waals surface area contributed by atoms with Crippen LogP contribution in [0.2, 0.25) is 0 Å². The van der Waals surface area contributed by atoms with Gasteiger partial charge in [-0.05, 0) is 31.4 Å². The van der Waals surface area contributed by atoms with E-state index in [0.29, 0.717) is 6.54 Å². The first kappa shape index (κ1) is 15.4. The van der Waals surface area contributed by atoms with Crippen molar-refractivity contribution in [2.75, 3.05) is 19.6 Å². The molecule has 6 nitrogen and oxygen atoms in total. The third-order valence-electron chi connectivity index (χ3n) is 3.23. The summed E-state index contributed by atoms with van der Waals surface area (Å²) >= 11 is 1.13. The van der Waals surface area contributed by atoms with Crippen LogP contribution in [-0.2, 0) is 21.4 Å². The molecule has 0 spiro atoms. The van der Waals surface area contributed by atoms with E-state index >= 15 is 0 Å². The topological polar surface area (TPSA) is 92.5 Å². The van der Waals surface area contributed by atoms with Crippen molar-refractivity contribution in [1.82, 2.24) is 9.62 Å². The van der Waals surface area contributed by atoms with E-state index in [9.17, 15) is 13.2 Å². The van der Waals surface area contributed by atoms with Gasteiger partial charge in [-0.15, -0.1) is 11.3 Å². The van der Waals surface area contributed by atoms with Gasteiger partial charge in [0.25, 0.3) is 10.0 Å². The first-order chi connectivity index (χ1) is 9.53. The Morgan fingerprint density at radius 2 is 2.00 bits per heavy atom. The van der Waals surface area contributed by atoms with Crippen LogP contribution in [0.5, 0.6) is 0 Å². The average Bonchev–Trinajstić information content (AvgIpc) is 2.95. The standard InChI is InChI=1S/C12H19N3O3S2/c13-8-10-4-5-12(19-10)20(17,18)14-9-11(16)15-6-2-1-3-7-15/h4-5,14H,1-3,6-9,13H2. The highest BCUT2D eigenvalue weighted by atomic mass is 32.2. The Labute approximate surface area is 123 Å². The highest BCUT2D eigenvalue weighted by molar-refractivity contribution is 7.91. The molecule has 0 atom stereocenters. The maximum atomic E-state index is 12.0. The van der Waals surface area contributed by atoms with Crippen LogP contribution in [0.3, 0.4) is 0 Å². The highest BCUT2D eigenvalue weighted by Crippen LogP contribution is 2.20. The summed E-state index contributed by atoms with van der Waals surface area (Å²) < 4.78 is 26.6. The van der Waals surface area contributed by atoms with Crippen molar-refractivity contribution in [1.29, 1.82) is 0 Å². The fourth-order valence-electron chi connectivity index (χ4n) is 2.10. The minimum Gasteiger partial charge on any atom is -0.342 e. The fourth-order valence-corrected chi connectivity index (χ4v) is 4.35. The fraction of sp³-hybridized carbons (Fsp3) is 0.583. The molecule has 2 rings (SSSR count). The molecule has 1 amide bonds. The smallest absolute Gasteiger partial charge is 0.250 e. The largest absolute Gasteiger partial charge is 0.342 e. The van der Waals surface area contributed by atoms with Gasteiger partial charge in [0.2, 0.25) is 5.91 Å². The third kappa shape index (κ3) is 3.78. The van der Waals surface area contributed by atoms with Crippen LogP contribution in [-0.4, -0.2) is 38.9 Å². The number of amides is 1. The zero-order valence-electron chi connectivity index (χ0n) is 11.2. The van der Waals surface area contributed by atoms with E-state index in [-0.39, 0.29) is 16.7 Å². The van der Waals surface area contributed by atoms with Crippen molar-refractivity contribution in [3.8, 4) is 0 Å². The molecule has 1 aliphatic rings. The van der Waals surface area contributed by atoms with Gasteiger partial charge in [-0.25, -0.2) is 13.1 Å². The Balaban J connectivity index is 1.93. The van der Waals surface area contributed by atoms with Crippen LogP contribution in [0.4, 0.5) is 0 Å². The summed E-state index contributed by atoms with van der Waals surface area (Å²) in [5.74, 6) is -0.163. The monoisotopic (exact) mass is 317 g/mol. The summed E-state index contributed by atoms with van der Waals surface area (Å²) in [5.41, 5.74) is 5.46. The first-order valence-electron chi connectivity index (χ1n) is 6.59. The molecular formula is C12H19N3O3S2. The summed E-state index contributed by atoms with van der Waals surface area (Å²) in [6.07, 6.45) is 3.11. The molecule has 0 bridgehead atoms. The number of nitrogens with two attached hydrogens (primary N) is 1. The predicted octanol–water partition coefficient (Wildman–Crippen LogP) is 0.498. The first-order valence-corrected chi connectivity index (χ1v) is 8.89. The lowest BCUT2D eigenvalue weighted by atomic mass is 10.1. The molecule has 1 saturated heterocycles. The molecule has 2 heterocycles. The number of sulfonamides is 1. The van der Waals surface area contributed by atoms with Crippen LogP contribution in [0, 0.1) is 0 Å². The number of hydrogen-bond donors (Lipinski definition) is 2. The van der Waals surface area contributed by atoms with Gasteiger partial charge in [0.15, 0.2) is 0 Å². The van der Waals surface area contributed by atoms with Crippen molar-refractivity contribution < 1.29 is 13.2 Å². The average molecular weight is 317 g/mol. The van der Waals surface area contributed by atoms with E-state index in [4.69, 9.17) is 5.73 Å². The zero-order chi connectivity index (χ0) is 14.6. The van der Waals surface area contributed by atoms with Gasteiger partial charge in [-0.1, -0.05) is 0 Å². The van der Waals surface area contributed by atoms with Crippen molar-refractivity contribution in [2.24, 2.45) is 5.73 Å². The molecule has 0 saturated carbocycles. The molecule has 1 aromatic heterocycles. The molecular weight excluding hydrogens is 298 g/mol. The molecule has 0 unspecified atom stereocenters. The number of likely N-dealkylation sites (tertiary alicyclic amines) is 1. The van der Waals surface area contributed by atoms with Crippen LogP contribution in [0.1, 0.15) is 24.1 Å². The summed E-state index contributed by atoms with van der Waals surface area (Å²) in [6.45, 7) is 1.57. The molecule has 1 aliphatic heterocycles. The minimum atomic E-state index is -3.62. The summed E-state index contributed by atoms with van der Waals surface area (Å²) in [5, 5.41) is 0. The normalized spacial score (nSPS) is 16.4. The third-order valence-corrected chi connectivity index (χ3v) is 6.23. The molecule has 1 aromatic rings. The predicted molar refractivity (Wildman–Crippen MR) is 77.8 cm³/mol. The Bertz CT molecular complexity index is 562. The molecule has 0 aliphatic carbocycles. The van der Waals surface area contributed by atoms with Crippen molar-refractivity contribution in [3.05, 3.63) is 17.0 Å². The quantitative estimate of drug-likeness (QED) is 0.827. The van der Waals surface area contributed by atoms with Gasteiger partial charge in [0.05, 0.1) is 6.54 Å². The van der Waals surface area contributed by atoms with E-state index in [1.165, 1.54) is 6.07 Å². The second kappa shape index (κ2) is 6.66. The van der Waals surface area contributed by atoms with Crippen LogP contribution >= 0.6 is 11.3 Å². The van der Waals surface area contributed by atoms with Crippen molar-refractivity contribution in [2.45, 2.75) is 30.0 Å². The summed E-state index contributed by atoms with van der Waals surface area (Å²) in [4.78, 5) is 14.4. The Hall–Kier alpha value is -0.960. The van der Waals surface area contributed by atoms with Gasteiger partial charge in [-0.2, -0.15) is 0 Å². The van der Waals surface area contributed by atoms with E-state index in [1.54, 1.807) is 11.0 Å². The summed E-state index contributed by atoms with van der Waals surface area (Å²) in [7, 11) is -3.62. The molecule has 0 aromatic carbocycles. The van der Waals surface area contributed by atoms with E-state index in [2.05, 4.69) is 4.72 Å². The second-order valence-corrected chi connectivity index (χ2v) is 7.85. The Kier molecular flexibility index (Phi) is 5.14. The van der Waals surface area contributed by atoms with Gasteiger partial charge in [0.1, 0.15) is 4.21 Å². The maximum Gasteiger partial charge on any atom is 0.250 e. The van der Waals surface area contributed by atoms with Crippen molar-refractivity contribution in [3.63, 3.8) is 0 Å². The molecule has 112 valence electrons. The number of nitrogens with one attached hydrogen (secondary N) is 1. The number of piperidine rings is 1. The Morgan fingerprint density at radius 3 is 2.60 bits per heavy atom. The number of carbonyl (C=O) groups is 1. The molecule has 3 N–H and O–H groups in total. The highest BCUT2D eigenvalue weighted by Gasteiger charge is 2.21. The van der Waals surface area contributed by atoms with Crippen LogP contribution in [0.25, 0.3) is 0 Å². The van der Waals surface area contributed by atoms with Gasteiger partial charge in [-0.3, -0.25) is 4.79 Å². The summed E-state index contributed by atoms with van der Waals surface area (Å²) in [6, 6.07) is 3.20. The SMILES string of the molecule is NCc1ccc(S(=O)(=O)NCC(=O)N2CCCCC2)s1. The molecule has 1 fully saturated rings. The molecule has 0 radical (unpaired) electrons. The van der Waals surface area contributed by atoms with E-state index < -0.39 is 10.0 Å². The lowest BCUT2D eigenvalue weighted by Gasteiger charge is -2.26. The van der Waals surface area contributed by atoms with Crippen LogP contribution < -0.4 is 10.5 Å². The number of rotatable bonds is 5. The minimum absolute atomic E-state index is 0.163. The van der Waals surface area contributed by atoms with Gasteiger partial charge in [0, 0.05) is 24.5 Å². The number of thiophene rings is 1. The number of nitrogens with zero attached hydrogens (tertiary/aromatic N) is 1. The lowest BCUT2D eigenvalue weighted by molar-refractivity contribution is -0.130. The molecule has 20 heavy (non-hydrogen) atoms. The van der Waals surface area contributed by atoms with E-state index in [1.807, 2.05) is 0 Å². The van der Waals surface area contributed by atoms with Gasteiger partial charge < -0.3 is 10.6 Å². The van der Waals surface area contributed by atoms with E-state index in [0.717, 1.165) is 48.6 Å². The zero-order valence-corrected chi connectivity index (χ0v) is 12.8. The lowest BCUT2D eigenvalue weighted by Crippen LogP contribution is -2.42. The number of carbonyl (C=O) groups excluding carboxylic acids is 1. The van der Waals surface area contributed by atoms with Gasteiger partial charge >= 0.3 is 0 Å². The number of hydrogen-bond acceptors (Lipinski definition) is 5.